The van der Waals surface area contributed by atoms with Crippen LogP contribution in [-0.2, 0) is 6.42 Å². The molecule has 1 unspecified atom stereocenters. The minimum atomic E-state index is -2.95. The molecular formula is C15H15F2NO3. The third-order valence-electron chi connectivity index (χ3n) is 2.94. The number of methoxy groups -OCH3 is 1. The molecule has 2 aromatic rings. The Kier molecular flexibility index (Phi) is 5.05. The van der Waals surface area contributed by atoms with Gasteiger partial charge in [-0.1, -0.05) is 12.1 Å². The van der Waals surface area contributed by atoms with E-state index < -0.39 is 12.7 Å². The number of rotatable bonds is 6. The van der Waals surface area contributed by atoms with Gasteiger partial charge in [-0.2, -0.15) is 8.78 Å². The summed E-state index contributed by atoms with van der Waals surface area (Å²) in [5.41, 5.74) is 1.31. The molecule has 0 aliphatic heterocycles. The Morgan fingerprint density at radius 1 is 1.24 bits per heavy atom. The lowest BCUT2D eigenvalue weighted by Crippen LogP contribution is -2.06. The first-order chi connectivity index (χ1) is 10.1. The Labute approximate surface area is 121 Å². The van der Waals surface area contributed by atoms with E-state index in [4.69, 9.17) is 4.74 Å². The van der Waals surface area contributed by atoms with Gasteiger partial charge in [0.1, 0.15) is 0 Å². The highest BCUT2D eigenvalue weighted by Crippen LogP contribution is 2.32. The maximum absolute atomic E-state index is 12.4. The van der Waals surface area contributed by atoms with Gasteiger partial charge in [-0.3, -0.25) is 4.98 Å². The van der Waals surface area contributed by atoms with Gasteiger partial charge >= 0.3 is 6.61 Å². The Bertz CT molecular complexity index is 578. The lowest BCUT2D eigenvalue weighted by Gasteiger charge is -2.15. The van der Waals surface area contributed by atoms with Gasteiger partial charge in [0.25, 0.3) is 0 Å². The van der Waals surface area contributed by atoms with Crippen molar-refractivity contribution in [3.63, 3.8) is 0 Å². The van der Waals surface area contributed by atoms with E-state index in [0.717, 1.165) is 5.56 Å². The van der Waals surface area contributed by atoms with Crippen LogP contribution in [0.4, 0.5) is 8.78 Å². The molecule has 1 atom stereocenters. The zero-order valence-corrected chi connectivity index (χ0v) is 11.4. The van der Waals surface area contributed by atoms with E-state index >= 15 is 0 Å². The number of hydrogen-bond donors (Lipinski definition) is 1. The van der Waals surface area contributed by atoms with Gasteiger partial charge in [0.15, 0.2) is 11.5 Å². The summed E-state index contributed by atoms with van der Waals surface area (Å²) in [6, 6.07) is 8.04. The van der Waals surface area contributed by atoms with Crippen LogP contribution in [0.1, 0.15) is 17.2 Å². The van der Waals surface area contributed by atoms with Gasteiger partial charge in [0.2, 0.25) is 0 Å². The average molecular weight is 295 g/mol. The monoisotopic (exact) mass is 295 g/mol. The van der Waals surface area contributed by atoms with Crippen molar-refractivity contribution < 1.29 is 23.4 Å². The number of aliphatic hydroxyl groups is 1. The maximum atomic E-state index is 12.4. The highest BCUT2D eigenvalue weighted by molar-refractivity contribution is 5.43. The van der Waals surface area contributed by atoms with Gasteiger partial charge in [0.05, 0.1) is 13.2 Å². The van der Waals surface area contributed by atoms with Crippen molar-refractivity contribution >= 4 is 0 Å². The molecule has 1 aromatic carbocycles. The molecule has 0 aliphatic carbocycles. The number of hydrogen-bond acceptors (Lipinski definition) is 4. The molecule has 1 aromatic heterocycles. The Morgan fingerprint density at radius 2 is 2.05 bits per heavy atom. The van der Waals surface area contributed by atoms with Gasteiger partial charge in [-0.25, -0.2) is 0 Å². The third-order valence-corrected chi connectivity index (χ3v) is 2.94. The normalized spacial score (nSPS) is 12.2. The standard InChI is InChI=1S/C15H15F2NO3/c1-20-13-5-4-11(8-14(13)21-15(16)17)12(19)7-10-3-2-6-18-9-10/h2-6,8-9,12,15,19H,7H2,1H3. The summed E-state index contributed by atoms with van der Waals surface area (Å²) < 4.78 is 34.1. The van der Waals surface area contributed by atoms with Crippen LogP contribution < -0.4 is 9.47 Å². The molecule has 0 fully saturated rings. The highest BCUT2D eigenvalue weighted by atomic mass is 19.3. The second kappa shape index (κ2) is 6.99. The van der Waals surface area contributed by atoms with Crippen LogP contribution in [0.5, 0.6) is 11.5 Å². The molecule has 2 rings (SSSR count). The number of benzene rings is 1. The Morgan fingerprint density at radius 3 is 2.67 bits per heavy atom. The van der Waals surface area contributed by atoms with Gasteiger partial charge in [-0.05, 0) is 29.3 Å². The minimum Gasteiger partial charge on any atom is -0.493 e. The molecule has 112 valence electrons. The van der Waals surface area contributed by atoms with Crippen LogP contribution in [-0.4, -0.2) is 23.8 Å². The number of aromatic nitrogens is 1. The van der Waals surface area contributed by atoms with E-state index in [9.17, 15) is 13.9 Å². The second-order valence-corrected chi connectivity index (χ2v) is 4.37. The molecule has 6 heteroatoms. The first-order valence-corrected chi connectivity index (χ1v) is 6.30. The van der Waals surface area contributed by atoms with Crippen LogP contribution in [0.3, 0.4) is 0 Å². The van der Waals surface area contributed by atoms with Gasteiger partial charge < -0.3 is 14.6 Å². The lowest BCUT2D eigenvalue weighted by atomic mass is 10.0. The quantitative estimate of drug-likeness (QED) is 0.890. The number of halogens is 2. The van der Waals surface area contributed by atoms with Gasteiger partial charge in [0, 0.05) is 18.8 Å². The van der Waals surface area contributed by atoms with Gasteiger partial charge in [-0.15, -0.1) is 0 Å². The zero-order chi connectivity index (χ0) is 15.2. The third kappa shape index (κ3) is 4.13. The molecule has 0 amide bonds. The molecule has 0 saturated heterocycles. The molecule has 0 spiro atoms. The Balaban J connectivity index is 2.19. The number of alkyl halides is 2. The van der Waals surface area contributed by atoms with Crippen molar-refractivity contribution in [1.29, 1.82) is 0 Å². The second-order valence-electron chi connectivity index (χ2n) is 4.37. The van der Waals surface area contributed by atoms with E-state index in [0.29, 0.717) is 12.0 Å². The molecule has 0 bridgehead atoms. The van der Waals surface area contributed by atoms with Crippen LogP contribution >= 0.6 is 0 Å². The predicted octanol–water partition coefficient (Wildman–Crippen LogP) is 2.97. The molecule has 4 nitrogen and oxygen atoms in total. The molecule has 1 N–H and O–H groups in total. The first-order valence-electron chi connectivity index (χ1n) is 6.30. The fourth-order valence-electron chi connectivity index (χ4n) is 1.95. The van der Waals surface area contributed by atoms with Crippen LogP contribution in [0.15, 0.2) is 42.7 Å². The summed E-state index contributed by atoms with van der Waals surface area (Å²) in [5, 5.41) is 10.2. The van der Waals surface area contributed by atoms with Crippen molar-refractivity contribution in [2.45, 2.75) is 19.1 Å². The van der Waals surface area contributed by atoms with Crippen LogP contribution in [0.25, 0.3) is 0 Å². The van der Waals surface area contributed by atoms with E-state index in [2.05, 4.69) is 9.72 Å². The number of aliphatic hydroxyl groups excluding tert-OH is 1. The van der Waals surface area contributed by atoms with Crippen LogP contribution in [0, 0.1) is 0 Å². The van der Waals surface area contributed by atoms with Crippen molar-refractivity contribution in [2.24, 2.45) is 0 Å². The number of nitrogens with zero attached hydrogens (tertiary/aromatic N) is 1. The summed E-state index contributed by atoms with van der Waals surface area (Å²) >= 11 is 0. The molecule has 0 saturated carbocycles. The molecule has 1 heterocycles. The van der Waals surface area contributed by atoms with E-state index in [1.807, 2.05) is 6.07 Å². The molecular weight excluding hydrogens is 280 g/mol. The predicted molar refractivity (Wildman–Crippen MR) is 72.5 cm³/mol. The van der Waals surface area contributed by atoms with Crippen molar-refractivity contribution in [1.82, 2.24) is 4.98 Å². The SMILES string of the molecule is COc1ccc(C(O)Cc2cccnc2)cc1OC(F)F. The topological polar surface area (TPSA) is 51.6 Å². The summed E-state index contributed by atoms with van der Waals surface area (Å²) in [6.07, 6.45) is 2.76. The molecule has 21 heavy (non-hydrogen) atoms. The highest BCUT2D eigenvalue weighted by Gasteiger charge is 2.15. The smallest absolute Gasteiger partial charge is 0.387 e. The van der Waals surface area contributed by atoms with E-state index in [-0.39, 0.29) is 11.5 Å². The zero-order valence-electron chi connectivity index (χ0n) is 11.4. The number of pyridine rings is 1. The van der Waals surface area contributed by atoms with Crippen molar-refractivity contribution in [2.75, 3.05) is 7.11 Å². The lowest BCUT2D eigenvalue weighted by molar-refractivity contribution is -0.0513. The summed E-state index contributed by atoms with van der Waals surface area (Å²) in [7, 11) is 1.36. The van der Waals surface area contributed by atoms with Crippen molar-refractivity contribution in [3.8, 4) is 11.5 Å². The fourth-order valence-corrected chi connectivity index (χ4v) is 1.95. The molecule has 0 radical (unpaired) electrons. The van der Waals surface area contributed by atoms with Crippen molar-refractivity contribution in [3.05, 3.63) is 53.9 Å². The first kappa shape index (κ1) is 15.2. The average Bonchev–Trinajstić information content (AvgIpc) is 2.47. The largest absolute Gasteiger partial charge is 0.493 e. The maximum Gasteiger partial charge on any atom is 0.387 e. The Hall–Kier alpha value is -2.21. The minimum absolute atomic E-state index is 0.102. The number of ether oxygens (including phenoxy) is 2. The summed E-state index contributed by atoms with van der Waals surface area (Å²) in [5.74, 6) is 0.0860. The molecule has 0 aliphatic rings. The summed E-state index contributed by atoms with van der Waals surface area (Å²) in [6.45, 7) is -2.95. The van der Waals surface area contributed by atoms with E-state index in [1.54, 1.807) is 24.5 Å². The fraction of sp³-hybridized carbons (Fsp3) is 0.267. The van der Waals surface area contributed by atoms with Crippen LogP contribution in [0.2, 0.25) is 0 Å². The van der Waals surface area contributed by atoms with E-state index in [1.165, 1.54) is 19.2 Å². The summed E-state index contributed by atoms with van der Waals surface area (Å²) in [4.78, 5) is 3.96.